The molecule has 0 saturated carbocycles. The molecule has 2 aromatic rings. The Morgan fingerprint density at radius 3 is 2.70 bits per heavy atom. The second-order valence-electron chi connectivity index (χ2n) is 5.22. The molecular formula is C16H15ClN4O2. The van der Waals surface area contributed by atoms with Crippen LogP contribution in [0.3, 0.4) is 0 Å². The molecular weight excluding hydrogens is 316 g/mol. The summed E-state index contributed by atoms with van der Waals surface area (Å²) < 4.78 is 1.47. The molecule has 1 aromatic carbocycles. The SMILES string of the molecule is CC(C)NC(=O)C(C#N)C(=O)c1ccn(-c2cccc(Cl)c2)n1. The molecule has 0 radical (unpaired) electrons. The lowest BCUT2D eigenvalue weighted by molar-refractivity contribution is -0.122. The number of carbonyl (C=O) groups excluding carboxylic acids is 2. The number of nitrogens with one attached hydrogen (secondary N) is 1. The van der Waals surface area contributed by atoms with Crippen molar-refractivity contribution < 1.29 is 9.59 Å². The number of aromatic nitrogens is 2. The van der Waals surface area contributed by atoms with Crippen LogP contribution in [0.1, 0.15) is 24.3 Å². The third-order valence-electron chi connectivity index (χ3n) is 3.00. The molecule has 1 unspecified atom stereocenters. The monoisotopic (exact) mass is 330 g/mol. The van der Waals surface area contributed by atoms with E-state index in [4.69, 9.17) is 16.9 Å². The average Bonchev–Trinajstić information content (AvgIpc) is 2.97. The van der Waals surface area contributed by atoms with Crippen molar-refractivity contribution in [2.75, 3.05) is 0 Å². The summed E-state index contributed by atoms with van der Waals surface area (Å²) in [5.41, 5.74) is 0.729. The van der Waals surface area contributed by atoms with E-state index in [-0.39, 0.29) is 11.7 Å². The highest BCUT2D eigenvalue weighted by Gasteiger charge is 2.29. The summed E-state index contributed by atoms with van der Waals surface area (Å²) >= 11 is 5.92. The van der Waals surface area contributed by atoms with E-state index in [2.05, 4.69) is 10.4 Å². The lowest BCUT2D eigenvalue weighted by Crippen LogP contribution is -2.38. The summed E-state index contributed by atoms with van der Waals surface area (Å²) in [5.74, 6) is -2.67. The van der Waals surface area contributed by atoms with Gasteiger partial charge in [-0.2, -0.15) is 10.4 Å². The first kappa shape index (κ1) is 16.7. The molecule has 0 aliphatic heterocycles. The van der Waals surface area contributed by atoms with Crippen LogP contribution in [0.2, 0.25) is 5.02 Å². The molecule has 0 saturated heterocycles. The fourth-order valence-electron chi connectivity index (χ4n) is 1.97. The Bertz CT molecular complexity index is 776. The normalized spacial score (nSPS) is 11.8. The number of amides is 1. The molecule has 0 aliphatic rings. The Balaban J connectivity index is 2.24. The van der Waals surface area contributed by atoms with Crippen molar-refractivity contribution >= 4 is 23.3 Å². The van der Waals surface area contributed by atoms with Crippen molar-refractivity contribution in [1.29, 1.82) is 5.26 Å². The van der Waals surface area contributed by atoms with Crippen LogP contribution < -0.4 is 5.32 Å². The third kappa shape index (κ3) is 3.96. The van der Waals surface area contributed by atoms with Gasteiger partial charge in [-0.25, -0.2) is 4.68 Å². The lowest BCUT2D eigenvalue weighted by Gasteiger charge is -2.10. The van der Waals surface area contributed by atoms with Crippen LogP contribution in [0.15, 0.2) is 36.5 Å². The van der Waals surface area contributed by atoms with Crippen molar-refractivity contribution in [2.45, 2.75) is 19.9 Å². The number of halogens is 1. The molecule has 2 rings (SSSR count). The van der Waals surface area contributed by atoms with Crippen molar-refractivity contribution in [3.05, 3.63) is 47.2 Å². The molecule has 118 valence electrons. The highest BCUT2D eigenvalue weighted by molar-refractivity contribution is 6.30. The summed E-state index contributed by atoms with van der Waals surface area (Å²) in [4.78, 5) is 24.2. The second kappa shape index (κ2) is 7.07. The average molecular weight is 331 g/mol. The smallest absolute Gasteiger partial charge is 0.245 e. The fraction of sp³-hybridized carbons (Fsp3) is 0.250. The summed E-state index contributed by atoms with van der Waals surface area (Å²) in [6.45, 7) is 3.51. The summed E-state index contributed by atoms with van der Waals surface area (Å²) in [7, 11) is 0. The topological polar surface area (TPSA) is 87.8 Å². The van der Waals surface area contributed by atoms with E-state index >= 15 is 0 Å². The van der Waals surface area contributed by atoms with Gasteiger partial charge in [0.1, 0.15) is 5.69 Å². The number of Topliss-reactive ketones (excluding diaryl/α,β-unsaturated/α-hetero) is 1. The molecule has 0 bridgehead atoms. The number of benzene rings is 1. The summed E-state index contributed by atoms with van der Waals surface area (Å²) in [6.07, 6.45) is 1.58. The maximum Gasteiger partial charge on any atom is 0.245 e. The number of carbonyl (C=O) groups is 2. The van der Waals surface area contributed by atoms with Crippen LogP contribution in [0.4, 0.5) is 0 Å². The van der Waals surface area contributed by atoms with E-state index in [9.17, 15) is 9.59 Å². The number of rotatable bonds is 5. The first-order valence-corrected chi connectivity index (χ1v) is 7.36. The molecule has 23 heavy (non-hydrogen) atoms. The van der Waals surface area contributed by atoms with Gasteiger partial charge in [-0.05, 0) is 38.1 Å². The number of hydrogen-bond donors (Lipinski definition) is 1. The molecule has 1 N–H and O–H groups in total. The Kier molecular flexibility index (Phi) is 5.14. The highest BCUT2D eigenvalue weighted by Crippen LogP contribution is 2.15. The van der Waals surface area contributed by atoms with Gasteiger partial charge in [0.15, 0.2) is 5.92 Å². The molecule has 0 fully saturated rings. The van der Waals surface area contributed by atoms with Gasteiger partial charge in [0, 0.05) is 17.3 Å². The predicted octanol–water partition coefficient (Wildman–Crippen LogP) is 2.37. The van der Waals surface area contributed by atoms with Gasteiger partial charge < -0.3 is 5.32 Å². The summed E-state index contributed by atoms with van der Waals surface area (Å²) in [5, 5.41) is 16.3. The largest absolute Gasteiger partial charge is 0.352 e. The van der Waals surface area contributed by atoms with Crippen LogP contribution in [0.5, 0.6) is 0 Å². The van der Waals surface area contributed by atoms with E-state index in [1.165, 1.54) is 10.7 Å². The van der Waals surface area contributed by atoms with Gasteiger partial charge in [-0.3, -0.25) is 9.59 Å². The van der Waals surface area contributed by atoms with Crippen molar-refractivity contribution in [3.63, 3.8) is 0 Å². The quantitative estimate of drug-likeness (QED) is 0.673. The fourth-order valence-corrected chi connectivity index (χ4v) is 2.15. The van der Waals surface area contributed by atoms with Gasteiger partial charge in [-0.15, -0.1) is 0 Å². The van der Waals surface area contributed by atoms with E-state index in [0.717, 1.165) is 0 Å². The molecule has 1 amide bonds. The molecule has 1 atom stereocenters. The van der Waals surface area contributed by atoms with Crippen molar-refractivity contribution in [3.8, 4) is 11.8 Å². The second-order valence-corrected chi connectivity index (χ2v) is 5.65. The van der Waals surface area contributed by atoms with E-state index in [1.54, 1.807) is 50.4 Å². The minimum Gasteiger partial charge on any atom is -0.352 e. The maximum absolute atomic E-state index is 12.3. The van der Waals surface area contributed by atoms with Gasteiger partial charge in [-0.1, -0.05) is 17.7 Å². The van der Waals surface area contributed by atoms with Gasteiger partial charge in [0.05, 0.1) is 11.8 Å². The highest BCUT2D eigenvalue weighted by atomic mass is 35.5. The molecule has 6 nitrogen and oxygen atoms in total. The standard InChI is InChI=1S/C16H15ClN4O2/c1-10(2)19-16(23)13(9-18)15(22)14-6-7-21(20-14)12-5-3-4-11(17)8-12/h3-8,10,13H,1-2H3,(H,19,23). The zero-order chi connectivity index (χ0) is 17.0. The number of nitriles is 1. The van der Waals surface area contributed by atoms with Crippen molar-refractivity contribution in [1.82, 2.24) is 15.1 Å². The molecule has 1 heterocycles. The Morgan fingerprint density at radius 2 is 2.09 bits per heavy atom. The number of hydrogen-bond acceptors (Lipinski definition) is 4. The third-order valence-corrected chi connectivity index (χ3v) is 3.23. The Labute approximate surface area is 138 Å². The number of nitrogens with zero attached hydrogens (tertiary/aromatic N) is 3. The maximum atomic E-state index is 12.3. The predicted molar refractivity (Wildman–Crippen MR) is 85.3 cm³/mol. The van der Waals surface area contributed by atoms with Gasteiger partial charge >= 0.3 is 0 Å². The van der Waals surface area contributed by atoms with Crippen LogP contribution in [-0.2, 0) is 4.79 Å². The lowest BCUT2D eigenvalue weighted by atomic mass is 10.0. The first-order valence-electron chi connectivity index (χ1n) is 6.98. The Morgan fingerprint density at radius 1 is 1.35 bits per heavy atom. The molecule has 0 aliphatic carbocycles. The van der Waals surface area contributed by atoms with E-state index in [1.807, 2.05) is 0 Å². The minimum atomic E-state index is -1.42. The number of ketones is 1. The zero-order valence-electron chi connectivity index (χ0n) is 12.7. The van der Waals surface area contributed by atoms with E-state index in [0.29, 0.717) is 10.7 Å². The molecule has 7 heteroatoms. The molecule has 1 aromatic heterocycles. The van der Waals surface area contributed by atoms with Gasteiger partial charge in [0.25, 0.3) is 0 Å². The van der Waals surface area contributed by atoms with Crippen LogP contribution in [-0.4, -0.2) is 27.5 Å². The van der Waals surface area contributed by atoms with Gasteiger partial charge in [0.2, 0.25) is 11.7 Å². The Hall–Kier alpha value is -2.65. The van der Waals surface area contributed by atoms with E-state index < -0.39 is 17.6 Å². The summed E-state index contributed by atoms with van der Waals surface area (Å²) in [6, 6.07) is 10.00. The van der Waals surface area contributed by atoms with Crippen LogP contribution in [0, 0.1) is 17.2 Å². The van der Waals surface area contributed by atoms with Crippen LogP contribution >= 0.6 is 11.6 Å². The minimum absolute atomic E-state index is 0.0513. The first-order chi connectivity index (χ1) is 10.9. The van der Waals surface area contributed by atoms with Crippen LogP contribution in [0.25, 0.3) is 5.69 Å². The van der Waals surface area contributed by atoms with Crippen molar-refractivity contribution in [2.24, 2.45) is 5.92 Å². The molecule has 0 spiro atoms. The zero-order valence-corrected chi connectivity index (χ0v) is 13.4.